The molecule has 1 aromatic carbocycles. The average Bonchev–Trinajstić information content (AvgIpc) is 2.39. The Morgan fingerprint density at radius 2 is 2.11 bits per heavy atom. The number of nitrogens with one attached hydrogen (secondary N) is 1. The SMILES string of the molecule is Cc1ccnc(NC2CCCc3ccccc32)n1. The Morgan fingerprint density at radius 1 is 1.22 bits per heavy atom. The molecule has 0 aliphatic heterocycles. The second-order valence-electron chi connectivity index (χ2n) is 4.81. The lowest BCUT2D eigenvalue weighted by molar-refractivity contribution is 0.596. The molecule has 1 heterocycles. The van der Waals surface area contributed by atoms with Crippen LogP contribution in [0.15, 0.2) is 36.5 Å². The molecule has 1 aromatic heterocycles. The van der Waals surface area contributed by atoms with Crippen molar-refractivity contribution in [2.45, 2.75) is 32.2 Å². The zero-order valence-electron chi connectivity index (χ0n) is 10.6. The Kier molecular flexibility index (Phi) is 2.97. The summed E-state index contributed by atoms with van der Waals surface area (Å²) in [7, 11) is 0. The van der Waals surface area contributed by atoms with E-state index in [1.165, 1.54) is 24.0 Å². The van der Waals surface area contributed by atoms with Crippen molar-refractivity contribution in [3.8, 4) is 0 Å². The smallest absolute Gasteiger partial charge is 0.223 e. The van der Waals surface area contributed by atoms with Crippen LogP contribution in [-0.4, -0.2) is 9.97 Å². The van der Waals surface area contributed by atoms with Gasteiger partial charge in [-0.25, -0.2) is 9.97 Å². The summed E-state index contributed by atoms with van der Waals surface area (Å²) in [5.74, 6) is 0.733. The van der Waals surface area contributed by atoms with Crippen LogP contribution in [0.5, 0.6) is 0 Å². The number of aryl methyl sites for hydroxylation is 2. The number of fused-ring (bicyclic) bond motifs is 1. The predicted octanol–water partition coefficient (Wildman–Crippen LogP) is 3.27. The highest BCUT2D eigenvalue weighted by Crippen LogP contribution is 2.31. The molecule has 0 radical (unpaired) electrons. The molecule has 2 aromatic rings. The Hall–Kier alpha value is -1.90. The normalized spacial score (nSPS) is 18.2. The van der Waals surface area contributed by atoms with Gasteiger partial charge in [-0.1, -0.05) is 24.3 Å². The molecule has 0 amide bonds. The van der Waals surface area contributed by atoms with Gasteiger partial charge in [-0.05, 0) is 43.4 Å². The number of hydrogen-bond acceptors (Lipinski definition) is 3. The summed E-state index contributed by atoms with van der Waals surface area (Å²) in [5.41, 5.74) is 3.85. The molecular formula is C15H17N3. The van der Waals surface area contributed by atoms with Gasteiger partial charge in [0, 0.05) is 11.9 Å². The fourth-order valence-corrected chi connectivity index (χ4v) is 2.58. The van der Waals surface area contributed by atoms with E-state index in [0.29, 0.717) is 6.04 Å². The first-order valence-corrected chi connectivity index (χ1v) is 6.47. The van der Waals surface area contributed by atoms with Gasteiger partial charge < -0.3 is 5.32 Å². The predicted molar refractivity (Wildman–Crippen MR) is 72.5 cm³/mol. The van der Waals surface area contributed by atoms with Crippen molar-refractivity contribution >= 4 is 5.95 Å². The molecule has 1 N–H and O–H groups in total. The molecule has 0 saturated carbocycles. The number of rotatable bonds is 2. The van der Waals surface area contributed by atoms with E-state index in [0.717, 1.165) is 18.1 Å². The maximum absolute atomic E-state index is 4.42. The fraction of sp³-hybridized carbons (Fsp3) is 0.333. The monoisotopic (exact) mass is 239 g/mol. The van der Waals surface area contributed by atoms with E-state index >= 15 is 0 Å². The molecule has 3 nitrogen and oxygen atoms in total. The molecule has 0 bridgehead atoms. The quantitative estimate of drug-likeness (QED) is 0.874. The summed E-state index contributed by atoms with van der Waals surface area (Å²) in [4.78, 5) is 8.70. The van der Waals surface area contributed by atoms with E-state index < -0.39 is 0 Å². The van der Waals surface area contributed by atoms with Gasteiger partial charge in [0.15, 0.2) is 0 Å². The molecule has 1 aliphatic rings. The van der Waals surface area contributed by atoms with Gasteiger partial charge in [0.05, 0.1) is 6.04 Å². The minimum absolute atomic E-state index is 0.344. The van der Waals surface area contributed by atoms with E-state index in [4.69, 9.17) is 0 Å². The van der Waals surface area contributed by atoms with Crippen LogP contribution in [0, 0.1) is 6.92 Å². The minimum Gasteiger partial charge on any atom is -0.347 e. The number of benzene rings is 1. The highest BCUT2D eigenvalue weighted by atomic mass is 15.1. The van der Waals surface area contributed by atoms with Crippen molar-refractivity contribution in [3.05, 3.63) is 53.3 Å². The van der Waals surface area contributed by atoms with Gasteiger partial charge in [0.25, 0.3) is 0 Å². The molecule has 3 heteroatoms. The largest absolute Gasteiger partial charge is 0.347 e. The van der Waals surface area contributed by atoms with Crippen LogP contribution in [0.4, 0.5) is 5.95 Å². The second kappa shape index (κ2) is 4.77. The van der Waals surface area contributed by atoms with E-state index in [9.17, 15) is 0 Å². The summed E-state index contributed by atoms with van der Waals surface area (Å²) >= 11 is 0. The van der Waals surface area contributed by atoms with Crippen LogP contribution in [0.1, 0.15) is 35.7 Å². The number of hydrogen-bond donors (Lipinski definition) is 1. The molecule has 18 heavy (non-hydrogen) atoms. The number of aromatic nitrogens is 2. The average molecular weight is 239 g/mol. The van der Waals surface area contributed by atoms with Crippen LogP contribution in [-0.2, 0) is 6.42 Å². The Morgan fingerprint density at radius 3 is 3.00 bits per heavy atom. The molecule has 1 unspecified atom stereocenters. The zero-order chi connectivity index (χ0) is 12.4. The van der Waals surface area contributed by atoms with Gasteiger partial charge >= 0.3 is 0 Å². The lowest BCUT2D eigenvalue weighted by atomic mass is 9.88. The van der Waals surface area contributed by atoms with Crippen molar-refractivity contribution in [1.82, 2.24) is 9.97 Å². The maximum atomic E-state index is 4.42. The third-order valence-electron chi connectivity index (χ3n) is 3.47. The lowest BCUT2D eigenvalue weighted by Gasteiger charge is -2.26. The van der Waals surface area contributed by atoms with E-state index in [-0.39, 0.29) is 0 Å². The summed E-state index contributed by atoms with van der Waals surface area (Å²) in [6, 6.07) is 10.9. The summed E-state index contributed by atoms with van der Waals surface area (Å²) in [5, 5.41) is 3.46. The topological polar surface area (TPSA) is 37.8 Å². The molecule has 0 saturated heterocycles. The van der Waals surface area contributed by atoms with Crippen molar-refractivity contribution < 1.29 is 0 Å². The van der Waals surface area contributed by atoms with Gasteiger partial charge in [0.1, 0.15) is 0 Å². The van der Waals surface area contributed by atoms with Crippen molar-refractivity contribution in [3.63, 3.8) is 0 Å². The molecule has 1 atom stereocenters. The molecular weight excluding hydrogens is 222 g/mol. The van der Waals surface area contributed by atoms with Crippen LogP contribution in [0.25, 0.3) is 0 Å². The van der Waals surface area contributed by atoms with Crippen LogP contribution in [0.2, 0.25) is 0 Å². The standard InChI is InChI=1S/C15H17N3/c1-11-9-10-16-15(17-11)18-14-8-4-6-12-5-2-3-7-13(12)14/h2-3,5,7,9-10,14H,4,6,8H2,1H3,(H,16,17,18). The van der Waals surface area contributed by atoms with Crippen molar-refractivity contribution in [1.29, 1.82) is 0 Å². The van der Waals surface area contributed by atoms with E-state index in [2.05, 4.69) is 39.6 Å². The first-order chi connectivity index (χ1) is 8.83. The Bertz CT molecular complexity index is 551. The summed E-state index contributed by atoms with van der Waals surface area (Å²) < 4.78 is 0. The van der Waals surface area contributed by atoms with Gasteiger partial charge in [0.2, 0.25) is 5.95 Å². The molecule has 0 spiro atoms. The van der Waals surface area contributed by atoms with Crippen LogP contribution >= 0.6 is 0 Å². The van der Waals surface area contributed by atoms with E-state index in [1.807, 2.05) is 13.0 Å². The van der Waals surface area contributed by atoms with Gasteiger partial charge in [-0.2, -0.15) is 0 Å². The highest BCUT2D eigenvalue weighted by Gasteiger charge is 2.19. The van der Waals surface area contributed by atoms with Crippen LogP contribution in [0.3, 0.4) is 0 Å². The van der Waals surface area contributed by atoms with Crippen LogP contribution < -0.4 is 5.32 Å². The molecule has 92 valence electrons. The Labute approximate surface area is 107 Å². The molecule has 0 fully saturated rings. The molecule has 1 aliphatic carbocycles. The number of anilines is 1. The second-order valence-corrected chi connectivity index (χ2v) is 4.81. The lowest BCUT2D eigenvalue weighted by Crippen LogP contribution is -2.18. The van der Waals surface area contributed by atoms with Gasteiger partial charge in [-0.3, -0.25) is 0 Å². The summed E-state index contributed by atoms with van der Waals surface area (Å²) in [6.45, 7) is 1.99. The first kappa shape index (κ1) is 11.2. The van der Waals surface area contributed by atoms with E-state index in [1.54, 1.807) is 6.20 Å². The van der Waals surface area contributed by atoms with Crippen molar-refractivity contribution in [2.75, 3.05) is 5.32 Å². The maximum Gasteiger partial charge on any atom is 0.223 e. The number of nitrogens with zero attached hydrogens (tertiary/aromatic N) is 2. The third kappa shape index (κ3) is 2.21. The Balaban J connectivity index is 1.86. The van der Waals surface area contributed by atoms with Gasteiger partial charge in [-0.15, -0.1) is 0 Å². The summed E-state index contributed by atoms with van der Waals surface area (Å²) in [6.07, 6.45) is 5.36. The third-order valence-corrected chi connectivity index (χ3v) is 3.47. The minimum atomic E-state index is 0.344. The first-order valence-electron chi connectivity index (χ1n) is 6.47. The highest BCUT2D eigenvalue weighted by molar-refractivity contribution is 5.38. The zero-order valence-corrected chi connectivity index (χ0v) is 10.6. The van der Waals surface area contributed by atoms with Crippen molar-refractivity contribution in [2.24, 2.45) is 0 Å². The fourth-order valence-electron chi connectivity index (χ4n) is 2.58. The molecule has 3 rings (SSSR count).